The molecule has 1 aromatic rings. The Morgan fingerprint density at radius 3 is 2.54 bits per heavy atom. The molecule has 3 N–H and O–H groups in total. The van der Waals surface area contributed by atoms with Crippen molar-refractivity contribution in [3.05, 3.63) is 23.8 Å². The molecule has 39 heavy (non-hydrogen) atoms. The maximum absolute atomic E-state index is 14.0. The molecule has 0 radical (unpaired) electrons. The molecule has 0 saturated carbocycles. The number of fused-ring (bicyclic) bond motifs is 1. The van der Waals surface area contributed by atoms with Crippen LogP contribution in [0.25, 0.3) is 0 Å². The maximum Gasteiger partial charge on any atom is 0.319 e. The number of aliphatic hydroxyl groups excluding tert-OH is 1. The van der Waals surface area contributed by atoms with Gasteiger partial charge in [0.1, 0.15) is 5.75 Å². The van der Waals surface area contributed by atoms with Crippen molar-refractivity contribution >= 4 is 27.6 Å². The van der Waals surface area contributed by atoms with Crippen LogP contribution in [0.5, 0.6) is 5.75 Å². The number of carbonyl (C=O) groups is 2. The summed E-state index contributed by atoms with van der Waals surface area (Å²) >= 11 is 0. The summed E-state index contributed by atoms with van der Waals surface area (Å²) in [6.45, 7) is 9.82. The number of rotatable bonds is 7. The minimum absolute atomic E-state index is 0.0626. The van der Waals surface area contributed by atoms with Crippen LogP contribution in [0.1, 0.15) is 64.2 Å². The third kappa shape index (κ3) is 10.3. The smallest absolute Gasteiger partial charge is 0.319 e. The Morgan fingerprint density at radius 2 is 1.92 bits per heavy atom. The highest BCUT2D eigenvalue weighted by Gasteiger charge is 2.31. The van der Waals surface area contributed by atoms with Crippen molar-refractivity contribution in [1.29, 1.82) is 0 Å². The van der Waals surface area contributed by atoms with Crippen LogP contribution in [-0.2, 0) is 14.8 Å². The van der Waals surface area contributed by atoms with Gasteiger partial charge in [-0.1, -0.05) is 6.92 Å². The van der Waals surface area contributed by atoms with Crippen LogP contribution in [-0.4, -0.2) is 98.6 Å². The Bertz CT molecular complexity index is 1070. The Kier molecular flexibility index (Phi) is 12.5. The Labute approximate surface area is 233 Å². The molecule has 0 fully saturated rings. The van der Waals surface area contributed by atoms with E-state index >= 15 is 0 Å². The van der Waals surface area contributed by atoms with Crippen LogP contribution in [0, 0.1) is 5.92 Å². The predicted octanol–water partition coefficient (Wildman–Crippen LogP) is 2.90. The third-order valence-electron chi connectivity index (χ3n) is 6.73. The number of nitrogens with one attached hydrogen (secondary N) is 2. The molecule has 3 amide bonds. The number of nitrogens with zero attached hydrogens (tertiary/aromatic N) is 2. The Hall–Kier alpha value is -2.41. The fraction of sp³-hybridized carbons (Fsp3) is 0.704. The number of likely N-dealkylation sites (N-methyl/N-ethyl adjacent to an activating group) is 1. The highest BCUT2D eigenvalue weighted by Crippen LogP contribution is 2.28. The summed E-state index contributed by atoms with van der Waals surface area (Å²) in [6.07, 6.45) is 2.84. The van der Waals surface area contributed by atoms with E-state index in [9.17, 15) is 23.1 Å². The number of anilines is 1. The van der Waals surface area contributed by atoms with Crippen LogP contribution in [0.2, 0.25) is 0 Å². The van der Waals surface area contributed by atoms with Gasteiger partial charge in [0.05, 0.1) is 36.7 Å². The monoisotopic (exact) mass is 570 g/mol. The average Bonchev–Trinajstić information content (AvgIpc) is 2.84. The van der Waals surface area contributed by atoms with Gasteiger partial charge < -0.3 is 30.1 Å². The zero-order valence-electron chi connectivity index (χ0n) is 24.3. The van der Waals surface area contributed by atoms with E-state index in [1.807, 2.05) is 27.7 Å². The van der Waals surface area contributed by atoms with Crippen LogP contribution in [0.3, 0.4) is 0 Å². The number of aliphatic hydroxyl groups is 1. The first-order valence-corrected chi connectivity index (χ1v) is 15.4. The van der Waals surface area contributed by atoms with Crippen molar-refractivity contribution < 1.29 is 32.6 Å². The fourth-order valence-corrected chi connectivity index (χ4v) is 4.70. The summed E-state index contributed by atoms with van der Waals surface area (Å²) in [5, 5.41) is 15.5. The van der Waals surface area contributed by atoms with Gasteiger partial charge in [0.2, 0.25) is 10.0 Å². The second kappa shape index (κ2) is 14.8. The molecule has 0 aliphatic carbocycles. The van der Waals surface area contributed by atoms with Gasteiger partial charge in [-0.2, -0.15) is 0 Å². The first-order valence-electron chi connectivity index (χ1n) is 13.6. The van der Waals surface area contributed by atoms with Crippen LogP contribution >= 0.6 is 0 Å². The standard InChI is InChI=1S/C27H46N4O7S/c1-18(2)28-27(34)29-22-11-12-24-23(14-22)26(33)31(20(4)17-32)15-19(3)25(16-30(6)39(7,35)36)37-13-9-8-10-21(5)38-24/h11-12,14,18-21,25,32H,8-10,13,15-17H2,1-7H3,(H2,28,29,34)/t19-,20-,21+,25+/m1/s1. The average molecular weight is 571 g/mol. The molecule has 0 aromatic heterocycles. The van der Waals surface area contributed by atoms with E-state index in [4.69, 9.17) is 9.47 Å². The molecule has 0 spiro atoms. The van der Waals surface area contributed by atoms with Crippen LogP contribution in [0.4, 0.5) is 10.5 Å². The van der Waals surface area contributed by atoms with E-state index in [1.165, 1.54) is 11.4 Å². The lowest BCUT2D eigenvalue weighted by Gasteiger charge is -2.35. The normalized spacial score (nSPS) is 22.6. The van der Waals surface area contributed by atoms with Crippen molar-refractivity contribution in [3.8, 4) is 5.75 Å². The summed E-state index contributed by atoms with van der Waals surface area (Å²) in [4.78, 5) is 27.9. The second-order valence-corrected chi connectivity index (χ2v) is 12.9. The molecule has 222 valence electrons. The summed E-state index contributed by atoms with van der Waals surface area (Å²) in [6, 6.07) is 3.97. The number of urea groups is 1. The van der Waals surface area contributed by atoms with Gasteiger partial charge in [0.15, 0.2) is 0 Å². The number of carbonyl (C=O) groups excluding carboxylic acids is 2. The number of hydrogen-bond acceptors (Lipinski definition) is 7. The lowest BCUT2D eigenvalue weighted by atomic mass is 10.0. The molecule has 1 aliphatic heterocycles. The van der Waals surface area contributed by atoms with E-state index in [0.717, 1.165) is 25.5 Å². The lowest BCUT2D eigenvalue weighted by molar-refractivity contribution is -0.00828. The highest BCUT2D eigenvalue weighted by molar-refractivity contribution is 7.88. The minimum atomic E-state index is -3.43. The third-order valence-corrected chi connectivity index (χ3v) is 8.01. The summed E-state index contributed by atoms with van der Waals surface area (Å²) in [5.41, 5.74) is 0.692. The molecule has 4 atom stereocenters. The Morgan fingerprint density at radius 1 is 1.23 bits per heavy atom. The van der Waals surface area contributed by atoms with E-state index in [-0.39, 0.29) is 49.2 Å². The van der Waals surface area contributed by atoms with Gasteiger partial charge in [-0.15, -0.1) is 0 Å². The van der Waals surface area contributed by atoms with Gasteiger partial charge in [-0.05, 0) is 65.2 Å². The van der Waals surface area contributed by atoms with Gasteiger partial charge in [-0.3, -0.25) is 4.79 Å². The zero-order chi connectivity index (χ0) is 29.3. The van der Waals surface area contributed by atoms with Gasteiger partial charge in [0.25, 0.3) is 5.91 Å². The zero-order valence-corrected chi connectivity index (χ0v) is 25.1. The number of benzene rings is 1. The number of sulfonamides is 1. The molecule has 1 heterocycles. The molecule has 12 heteroatoms. The summed E-state index contributed by atoms with van der Waals surface area (Å²) < 4.78 is 37.8. The molecule has 0 bridgehead atoms. The van der Waals surface area contributed by atoms with E-state index in [2.05, 4.69) is 10.6 Å². The first-order chi connectivity index (χ1) is 18.2. The van der Waals surface area contributed by atoms with Crippen molar-refractivity contribution in [2.45, 2.75) is 78.2 Å². The van der Waals surface area contributed by atoms with Crippen molar-refractivity contribution in [2.75, 3.05) is 44.9 Å². The number of hydrogen-bond donors (Lipinski definition) is 3. The predicted molar refractivity (Wildman–Crippen MR) is 152 cm³/mol. The maximum atomic E-state index is 14.0. The second-order valence-electron chi connectivity index (χ2n) is 10.8. The van der Waals surface area contributed by atoms with Gasteiger partial charge >= 0.3 is 6.03 Å². The number of amides is 3. The minimum Gasteiger partial charge on any atom is -0.490 e. The Balaban J connectivity index is 2.49. The van der Waals surface area contributed by atoms with E-state index in [1.54, 1.807) is 30.0 Å². The topological polar surface area (TPSA) is 138 Å². The quantitative estimate of drug-likeness (QED) is 0.458. The molecule has 0 saturated heterocycles. The van der Waals surface area contributed by atoms with Crippen LogP contribution in [0.15, 0.2) is 18.2 Å². The summed E-state index contributed by atoms with van der Waals surface area (Å²) in [5.74, 6) is -0.228. The first kappa shape index (κ1) is 32.8. The van der Waals surface area contributed by atoms with Crippen molar-refractivity contribution in [3.63, 3.8) is 0 Å². The number of ether oxygens (including phenoxy) is 2. The lowest BCUT2D eigenvalue weighted by Crippen LogP contribution is -2.48. The van der Waals surface area contributed by atoms with Gasteiger partial charge in [0, 0.05) is 44.4 Å². The molecule has 0 unspecified atom stereocenters. The molecule has 1 aromatic carbocycles. The molecular formula is C27H46N4O7S. The van der Waals surface area contributed by atoms with Crippen molar-refractivity contribution in [1.82, 2.24) is 14.5 Å². The largest absolute Gasteiger partial charge is 0.490 e. The van der Waals surface area contributed by atoms with Gasteiger partial charge in [-0.25, -0.2) is 17.5 Å². The molecule has 2 rings (SSSR count). The highest BCUT2D eigenvalue weighted by atomic mass is 32.2. The molecular weight excluding hydrogens is 524 g/mol. The van der Waals surface area contributed by atoms with Crippen molar-refractivity contribution in [2.24, 2.45) is 5.92 Å². The summed E-state index contributed by atoms with van der Waals surface area (Å²) in [7, 11) is -1.92. The SMILES string of the molecule is CC(C)NC(=O)Nc1ccc2c(c1)C(=O)N([C@H](C)CO)C[C@@H](C)[C@H](CN(C)S(C)(=O)=O)OCCCC[C@H](C)O2. The van der Waals surface area contributed by atoms with Crippen LogP contribution < -0.4 is 15.4 Å². The molecule has 1 aliphatic rings. The van der Waals surface area contributed by atoms with E-state index in [0.29, 0.717) is 18.0 Å². The van der Waals surface area contributed by atoms with E-state index < -0.39 is 28.2 Å². The molecule has 11 nitrogen and oxygen atoms in total. The fourth-order valence-electron chi connectivity index (χ4n) is 4.28.